The first-order chi connectivity index (χ1) is 13.6. The fourth-order valence-electron chi connectivity index (χ4n) is 3.54. The molecule has 5 aromatic rings. The number of imidazole rings is 1. The quantitative estimate of drug-likeness (QED) is 0.474. The van der Waals surface area contributed by atoms with Crippen molar-refractivity contribution in [3.8, 4) is 28.3 Å². The first kappa shape index (κ1) is 16.3. The maximum Gasteiger partial charge on any atom is 0.180 e. The minimum absolute atomic E-state index is 0.220. The molecule has 0 amide bonds. The van der Waals surface area contributed by atoms with Gasteiger partial charge in [0.2, 0.25) is 0 Å². The average Bonchev–Trinajstić information content (AvgIpc) is 3.18. The molecule has 0 aliphatic rings. The lowest BCUT2D eigenvalue weighted by molar-refractivity contribution is 0.481. The van der Waals surface area contributed by atoms with Crippen molar-refractivity contribution in [1.82, 2.24) is 14.4 Å². The number of nitrogens with zero attached hydrogens (tertiary/aromatic N) is 3. The highest BCUT2D eigenvalue weighted by Gasteiger charge is 2.17. The molecule has 0 unspecified atom stereocenters. The second-order valence-electron chi connectivity index (χ2n) is 6.54. The highest BCUT2D eigenvalue weighted by Crippen LogP contribution is 2.35. The Morgan fingerprint density at radius 1 is 0.964 bits per heavy atom. The molecule has 5 rings (SSSR count). The second-order valence-corrected chi connectivity index (χ2v) is 6.54. The van der Waals surface area contributed by atoms with Crippen molar-refractivity contribution in [3.05, 3.63) is 78.9 Å². The van der Waals surface area contributed by atoms with Gasteiger partial charge in [-0.25, -0.2) is 14.4 Å². The normalized spacial score (nSPS) is 11.3. The lowest BCUT2D eigenvalue weighted by Gasteiger charge is -2.14. The summed E-state index contributed by atoms with van der Waals surface area (Å²) in [7, 11) is 0. The van der Waals surface area contributed by atoms with Crippen LogP contribution in [-0.4, -0.2) is 19.5 Å². The van der Waals surface area contributed by atoms with Crippen LogP contribution < -0.4 is 5.73 Å². The molecule has 0 bridgehead atoms. The fourth-order valence-corrected chi connectivity index (χ4v) is 3.54. The second kappa shape index (κ2) is 6.06. The number of phenols is 1. The summed E-state index contributed by atoms with van der Waals surface area (Å²) in [5.74, 6) is 0.141. The Morgan fingerprint density at radius 3 is 2.68 bits per heavy atom. The molecule has 0 saturated heterocycles. The number of rotatable bonds is 2. The molecule has 2 aromatic heterocycles. The van der Waals surface area contributed by atoms with Crippen molar-refractivity contribution in [3.63, 3.8) is 0 Å². The van der Waals surface area contributed by atoms with E-state index < -0.39 is 0 Å². The summed E-state index contributed by atoms with van der Waals surface area (Å²) in [6.07, 6.45) is 3.46. The van der Waals surface area contributed by atoms with Gasteiger partial charge >= 0.3 is 0 Å². The van der Waals surface area contributed by atoms with Gasteiger partial charge in [-0.3, -0.25) is 4.40 Å². The van der Waals surface area contributed by atoms with Crippen molar-refractivity contribution in [1.29, 1.82) is 0 Å². The molecule has 2 heterocycles. The lowest BCUT2D eigenvalue weighted by Crippen LogP contribution is -2.03. The van der Waals surface area contributed by atoms with Gasteiger partial charge in [0.25, 0.3) is 0 Å². The van der Waals surface area contributed by atoms with Gasteiger partial charge in [0.1, 0.15) is 11.6 Å². The number of aromatic hydroxyl groups is 1. The van der Waals surface area contributed by atoms with Crippen LogP contribution in [0.3, 0.4) is 0 Å². The van der Waals surface area contributed by atoms with Crippen LogP contribution in [0.25, 0.3) is 38.9 Å². The Morgan fingerprint density at radius 2 is 1.82 bits per heavy atom. The monoisotopic (exact) mass is 370 g/mol. The van der Waals surface area contributed by atoms with Gasteiger partial charge in [0, 0.05) is 28.9 Å². The zero-order valence-corrected chi connectivity index (χ0v) is 14.7. The molecule has 3 N–H and O–H groups in total. The van der Waals surface area contributed by atoms with Crippen LogP contribution in [0.15, 0.2) is 73.1 Å². The number of hydrogen-bond acceptors (Lipinski definition) is 4. The van der Waals surface area contributed by atoms with E-state index in [-0.39, 0.29) is 17.4 Å². The van der Waals surface area contributed by atoms with E-state index in [1.165, 1.54) is 12.1 Å². The molecule has 0 atom stereocenters. The van der Waals surface area contributed by atoms with Gasteiger partial charge in [-0.15, -0.1) is 0 Å². The number of anilines is 1. The Labute approximate surface area is 159 Å². The Bertz CT molecular complexity index is 1360. The third-order valence-electron chi connectivity index (χ3n) is 4.80. The van der Waals surface area contributed by atoms with E-state index in [1.807, 2.05) is 28.7 Å². The molecular formula is C22H15FN4O. The van der Waals surface area contributed by atoms with Gasteiger partial charge in [0.15, 0.2) is 11.5 Å². The van der Waals surface area contributed by atoms with Crippen LogP contribution in [0.5, 0.6) is 5.75 Å². The number of fused-ring (bicyclic) bond motifs is 2. The van der Waals surface area contributed by atoms with E-state index in [9.17, 15) is 9.50 Å². The molecule has 0 spiro atoms. The molecule has 0 aliphatic heterocycles. The highest BCUT2D eigenvalue weighted by molar-refractivity contribution is 5.93. The van der Waals surface area contributed by atoms with Gasteiger partial charge in [-0.05, 0) is 35.7 Å². The van der Waals surface area contributed by atoms with Crippen LogP contribution >= 0.6 is 0 Å². The molecule has 0 radical (unpaired) electrons. The summed E-state index contributed by atoms with van der Waals surface area (Å²) in [5.41, 5.74) is 9.42. The predicted octanol–water partition coefficient (Wildman–Crippen LogP) is 4.64. The van der Waals surface area contributed by atoms with E-state index in [4.69, 9.17) is 5.73 Å². The van der Waals surface area contributed by atoms with E-state index >= 15 is 0 Å². The van der Waals surface area contributed by atoms with Crippen molar-refractivity contribution in [2.45, 2.75) is 0 Å². The zero-order valence-electron chi connectivity index (χ0n) is 14.7. The topological polar surface area (TPSA) is 76.4 Å². The molecule has 0 saturated carbocycles. The number of aromatic nitrogens is 3. The zero-order chi connectivity index (χ0) is 19.3. The van der Waals surface area contributed by atoms with Gasteiger partial charge in [-0.2, -0.15) is 0 Å². The molecule has 136 valence electrons. The predicted molar refractivity (Wildman–Crippen MR) is 107 cm³/mol. The van der Waals surface area contributed by atoms with Crippen molar-refractivity contribution < 1.29 is 9.50 Å². The van der Waals surface area contributed by atoms with Gasteiger partial charge < -0.3 is 10.8 Å². The first-order valence-electron chi connectivity index (χ1n) is 8.72. The van der Waals surface area contributed by atoms with Crippen molar-refractivity contribution >= 4 is 22.2 Å². The van der Waals surface area contributed by atoms with Gasteiger partial charge in [-0.1, -0.05) is 30.3 Å². The number of nitrogen functional groups attached to an aromatic ring is 1. The van der Waals surface area contributed by atoms with Crippen molar-refractivity contribution in [2.24, 2.45) is 0 Å². The van der Waals surface area contributed by atoms with E-state index in [0.29, 0.717) is 16.9 Å². The van der Waals surface area contributed by atoms with Crippen LogP contribution in [0, 0.1) is 5.82 Å². The molecule has 3 aromatic carbocycles. The third kappa shape index (κ3) is 2.46. The summed E-state index contributed by atoms with van der Waals surface area (Å²) in [6.45, 7) is 0. The van der Waals surface area contributed by atoms with Crippen LogP contribution in [0.2, 0.25) is 0 Å². The Hall–Kier alpha value is -3.93. The number of benzene rings is 3. The summed E-state index contributed by atoms with van der Waals surface area (Å²) in [4.78, 5) is 8.83. The minimum Gasteiger partial charge on any atom is -0.507 e. The Balaban J connectivity index is 1.87. The van der Waals surface area contributed by atoms with Gasteiger partial charge in [0.05, 0.1) is 11.4 Å². The maximum absolute atomic E-state index is 13.9. The average molecular weight is 370 g/mol. The standard InChI is InChI=1S/C22H15FN4O/c23-16-5-1-4-14(12-16)19-20(27-10-9-25-22(27)21(24)26-19)15-7-8-17-13(11-15)3-2-6-18(17)28/h1-12,28H,(H2,24,26). The third-order valence-corrected chi connectivity index (χ3v) is 4.80. The van der Waals surface area contributed by atoms with E-state index in [2.05, 4.69) is 9.97 Å². The number of halogens is 1. The summed E-state index contributed by atoms with van der Waals surface area (Å²) in [6, 6.07) is 17.4. The minimum atomic E-state index is -0.349. The fraction of sp³-hybridized carbons (Fsp3) is 0. The molecule has 0 aliphatic carbocycles. The Kier molecular flexibility index (Phi) is 3.52. The highest BCUT2D eigenvalue weighted by atomic mass is 19.1. The SMILES string of the molecule is Nc1nc(-c2cccc(F)c2)c(-c2ccc3c(O)cccc3c2)n2ccnc12. The first-order valence-corrected chi connectivity index (χ1v) is 8.72. The molecular weight excluding hydrogens is 355 g/mol. The lowest BCUT2D eigenvalue weighted by atomic mass is 10.00. The summed E-state index contributed by atoms with van der Waals surface area (Å²) >= 11 is 0. The number of nitrogens with two attached hydrogens (primary N) is 1. The van der Waals surface area contributed by atoms with Crippen molar-refractivity contribution in [2.75, 3.05) is 5.73 Å². The largest absolute Gasteiger partial charge is 0.507 e. The van der Waals surface area contributed by atoms with Crippen LogP contribution in [0.4, 0.5) is 10.2 Å². The smallest absolute Gasteiger partial charge is 0.180 e. The summed E-state index contributed by atoms with van der Waals surface area (Å²) in [5, 5.41) is 11.7. The summed E-state index contributed by atoms with van der Waals surface area (Å²) < 4.78 is 15.7. The molecule has 5 nitrogen and oxygen atoms in total. The molecule has 28 heavy (non-hydrogen) atoms. The van der Waals surface area contributed by atoms with Crippen LogP contribution in [0.1, 0.15) is 0 Å². The number of phenolic OH excluding ortho intramolecular Hbond substituents is 1. The molecule has 6 heteroatoms. The van der Waals surface area contributed by atoms with Crippen LogP contribution in [-0.2, 0) is 0 Å². The van der Waals surface area contributed by atoms with E-state index in [1.54, 1.807) is 36.7 Å². The molecule has 0 fully saturated rings. The van der Waals surface area contributed by atoms with E-state index in [0.717, 1.165) is 22.0 Å². The number of hydrogen-bond donors (Lipinski definition) is 2. The maximum atomic E-state index is 13.9.